The van der Waals surface area contributed by atoms with E-state index in [0.29, 0.717) is 11.4 Å². The van der Waals surface area contributed by atoms with Gasteiger partial charge in [-0.3, -0.25) is 4.79 Å². The Labute approximate surface area is 112 Å². The molecule has 4 nitrogen and oxygen atoms in total. The Bertz CT molecular complexity index is 647. The summed E-state index contributed by atoms with van der Waals surface area (Å²) in [6, 6.07) is 9.53. The number of benzene rings is 1. The molecule has 1 aliphatic carbocycles. The fourth-order valence-electron chi connectivity index (χ4n) is 2.15. The molecule has 19 heavy (non-hydrogen) atoms. The van der Waals surface area contributed by atoms with Crippen LogP contribution in [0.3, 0.4) is 0 Å². The number of nitrogens with one attached hydrogen (secondary N) is 2. The molecule has 0 bridgehead atoms. The Kier molecular flexibility index (Phi) is 2.66. The van der Waals surface area contributed by atoms with Crippen LogP contribution in [0.2, 0.25) is 0 Å². The van der Waals surface area contributed by atoms with E-state index in [1.54, 1.807) is 7.05 Å². The number of rotatable bonds is 3. The van der Waals surface area contributed by atoms with Crippen molar-refractivity contribution in [3.8, 4) is 0 Å². The highest BCUT2D eigenvalue weighted by Gasteiger charge is 2.39. The summed E-state index contributed by atoms with van der Waals surface area (Å²) >= 11 is 0. The summed E-state index contributed by atoms with van der Waals surface area (Å²) in [5.41, 5.74) is 1.50. The lowest BCUT2D eigenvalue weighted by Crippen LogP contribution is -2.34. The molecular formula is C15H17N3O. The molecule has 98 valence electrons. The lowest BCUT2D eigenvalue weighted by Gasteiger charge is -2.14. The highest BCUT2D eigenvalue weighted by Crippen LogP contribution is 2.35. The SMILES string of the molecule is CNc1cc(C(=O)NC2(C)CC2)c2ccccc2n1. The van der Waals surface area contributed by atoms with Gasteiger partial charge in [-0.1, -0.05) is 18.2 Å². The molecule has 0 radical (unpaired) electrons. The summed E-state index contributed by atoms with van der Waals surface area (Å²) in [7, 11) is 1.81. The van der Waals surface area contributed by atoms with Crippen LogP contribution in [0, 0.1) is 0 Å². The van der Waals surface area contributed by atoms with Crippen LogP contribution in [0.15, 0.2) is 30.3 Å². The first-order valence-electron chi connectivity index (χ1n) is 6.51. The Hall–Kier alpha value is -2.10. The molecule has 1 aromatic carbocycles. The molecule has 1 saturated carbocycles. The first-order valence-corrected chi connectivity index (χ1v) is 6.51. The fourth-order valence-corrected chi connectivity index (χ4v) is 2.15. The number of hydrogen-bond donors (Lipinski definition) is 2. The molecule has 1 heterocycles. The molecular weight excluding hydrogens is 238 g/mol. The predicted octanol–water partition coefficient (Wildman–Crippen LogP) is 2.56. The zero-order chi connectivity index (χ0) is 13.5. The minimum absolute atomic E-state index is 0.0126. The van der Waals surface area contributed by atoms with Crippen molar-refractivity contribution in [3.63, 3.8) is 0 Å². The van der Waals surface area contributed by atoms with Gasteiger partial charge < -0.3 is 10.6 Å². The highest BCUT2D eigenvalue weighted by molar-refractivity contribution is 6.07. The van der Waals surface area contributed by atoms with Gasteiger partial charge in [-0.05, 0) is 31.9 Å². The Morgan fingerprint density at radius 2 is 2.05 bits per heavy atom. The van der Waals surface area contributed by atoms with Crippen molar-refractivity contribution >= 4 is 22.6 Å². The van der Waals surface area contributed by atoms with E-state index in [9.17, 15) is 4.79 Å². The second-order valence-corrected chi connectivity index (χ2v) is 5.34. The van der Waals surface area contributed by atoms with Crippen molar-refractivity contribution < 1.29 is 4.79 Å². The molecule has 1 fully saturated rings. The van der Waals surface area contributed by atoms with Gasteiger partial charge in [0.2, 0.25) is 0 Å². The minimum Gasteiger partial charge on any atom is -0.373 e. The van der Waals surface area contributed by atoms with Gasteiger partial charge in [0, 0.05) is 18.0 Å². The molecule has 1 amide bonds. The van der Waals surface area contributed by atoms with Crippen LogP contribution in [-0.4, -0.2) is 23.5 Å². The number of carbonyl (C=O) groups excluding carboxylic acids is 1. The smallest absolute Gasteiger partial charge is 0.252 e. The summed E-state index contributed by atoms with van der Waals surface area (Å²) in [4.78, 5) is 16.9. The summed E-state index contributed by atoms with van der Waals surface area (Å²) in [5, 5.41) is 6.99. The standard InChI is InChI=1S/C15H17N3O/c1-15(7-8-15)18-14(19)11-9-13(16-2)17-12-6-4-3-5-10(11)12/h3-6,9H,7-8H2,1-2H3,(H,16,17)(H,18,19). The van der Waals surface area contributed by atoms with E-state index in [1.807, 2.05) is 30.3 Å². The average molecular weight is 255 g/mol. The Balaban J connectivity index is 2.07. The van der Waals surface area contributed by atoms with Gasteiger partial charge in [-0.25, -0.2) is 4.98 Å². The van der Waals surface area contributed by atoms with Crippen molar-refractivity contribution in [2.75, 3.05) is 12.4 Å². The van der Waals surface area contributed by atoms with Crippen molar-refractivity contribution in [1.82, 2.24) is 10.3 Å². The van der Waals surface area contributed by atoms with E-state index in [2.05, 4.69) is 22.5 Å². The van der Waals surface area contributed by atoms with Gasteiger partial charge in [0.15, 0.2) is 0 Å². The molecule has 1 aliphatic rings. The zero-order valence-corrected chi connectivity index (χ0v) is 11.2. The van der Waals surface area contributed by atoms with E-state index in [0.717, 1.165) is 23.7 Å². The molecule has 0 aliphatic heterocycles. The normalized spacial score (nSPS) is 16.1. The van der Waals surface area contributed by atoms with Gasteiger partial charge in [0.05, 0.1) is 11.1 Å². The van der Waals surface area contributed by atoms with E-state index < -0.39 is 0 Å². The first-order chi connectivity index (χ1) is 9.11. The molecule has 3 rings (SSSR count). The first kappa shape index (κ1) is 12.0. The summed E-state index contributed by atoms with van der Waals surface area (Å²) in [5.74, 6) is 0.694. The molecule has 0 unspecified atom stereocenters. The van der Waals surface area contributed by atoms with Crippen LogP contribution in [0.5, 0.6) is 0 Å². The van der Waals surface area contributed by atoms with Crippen LogP contribution in [0.1, 0.15) is 30.1 Å². The number of para-hydroxylation sites is 1. The van der Waals surface area contributed by atoms with Crippen LogP contribution in [-0.2, 0) is 0 Å². The van der Waals surface area contributed by atoms with E-state index >= 15 is 0 Å². The van der Waals surface area contributed by atoms with Crippen molar-refractivity contribution in [3.05, 3.63) is 35.9 Å². The quantitative estimate of drug-likeness (QED) is 0.886. The number of pyridine rings is 1. The van der Waals surface area contributed by atoms with Crippen LogP contribution in [0.25, 0.3) is 10.9 Å². The maximum Gasteiger partial charge on any atom is 0.252 e. The monoisotopic (exact) mass is 255 g/mol. The average Bonchev–Trinajstić information content (AvgIpc) is 3.14. The number of nitrogens with zero attached hydrogens (tertiary/aromatic N) is 1. The van der Waals surface area contributed by atoms with Gasteiger partial charge in [0.25, 0.3) is 5.91 Å². The molecule has 0 atom stereocenters. The number of carbonyl (C=O) groups is 1. The summed E-state index contributed by atoms with van der Waals surface area (Å²) < 4.78 is 0. The number of hydrogen-bond acceptors (Lipinski definition) is 3. The third-order valence-corrected chi connectivity index (χ3v) is 3.63. The zero-order valence-electron chi connectivity index (χ0n) is 11.2. The summed E-state index contributed by atoms with van der Waals surface area (Å²) in [6.07, 6.45) is 2.11. The lowest BCUT2D eigenvalue weighted by atomic mass is 10.1. The minimum atomic E-state index is -0.0184. The number of aromatic nitrogens is 1. The van der Waals surface area contributed by atoms with Crippen LogP contribution < -0.4 is 10.6 Å². The van der Waals surface area contributed by atoms with Crippen LogP contribution >= 0.6 is 0 Å². The fraction of sp³-hybridized carbons (Fsp3) is 0.333. The highest BCUT2D eigenvalue weighted by atomic mass is 16.1. The lowest BCUT2D eigenvalue weighted by molar-refractivity contribution is 0.0937. The molecule has 0 spiro atoms. The van der Waals surface area contributed by atoms with Crippen LogP contribution in [0.4, 0.5) is 5.82 Å². The van der Waals surface area contributed by atoms with Gasteiger partial charge in [-0.2, -0.15) is 0 Å². The van der Waals surface area contributed by atoms with Crippen molar-refractivity contribution in [2.45, 2.75) is 25.3 Å². The van der Waals surface area contributed by atoms with Gasteiger partial charge in [-0.15, -0.1) is 0 Å². The maximum atomic E-state index is 12.4. The second kappa shape index (κ2) is 4.23. The topological polar surface area (TPSA) is 54.0 Å². The van der Waals surface area contributed by atoms with Gasteiger partial charge >= 0.3 is 0 Å². The molecule has 0 saturated heterocycles. The molecule has 4 heteroatoms. The third-order valence-electron chi connectivity index (χ3n) is 3.63. The van der Waals surface area contributed by atoms with Gasteiger partial charge in [0.1, 0.15) is 5.82 Å². The van der Waals surface area contributed by atoms with E-state index in [1.165, 1.54) is 0 Å². The Morgan fingerprint density at radius 1 is 1.32 bits per heavy atom. The molecule has 2 N–H and O–H groups in total. The molecule has 1 aromatic heterocycles. The molecule has 2 aromatic rings. The number of anilines is 1. The van der Waals surface area contributed by atoms with E-state index in [-0.39, 0.29) is 11.4 Å². The van der Waals surface area contributed by atoms with Crippen molar-refractivity contribution in [1.29, 1.82) is 0 Å². The number of fused-ring (bicyclic) bond motifs is 1. The second-order valence-electron chi connectivity index (χ2n) is 5.34. The predicted molar refractivity (Wildman–Crippen MR) is 76.4 cm³/mol. The third kappa shape index (κ3) is 2.26. The van der Waals surface area contributed by atoms with Crippen molar-refractivity contribution in [2.24, 2.45) is 0 Å². The summed E-state index contributed by atoms with van der Waals surface area (Å²) in [6.45, 7) is 2.08. The Morgan fingerprint density at radius 3 is 2.74 bits per heavy atom. The largest absolute Gasteiger partial charge is 0.373 e. The maximum absolute atomic E-state index is 12.4. The number of amides is 1. The van der Waals surface area contributed by atoms with E-state index in [4.69, 9.17) is 0 Å².